The number of carbonyl (C=O) groups excluding carboxylic acids is 1. The van der Waals surface area contributed by atoms with Crippen molar-refractivity contribution in [1.82, 2.24) is 14.8 Å². The number of rotatable bonds is 7. The number of pyridine rings is 1. The van der Waals surface area contributed by atoms with Gasteiger partial charge in [-0.1, -0.05) is 11.6 Å². The third-order valence-electron chi connectivity index (χ3n) is 5.64. The van der Waals surface area contributed by atoms with Crippen LogP contribution in [0.3, 0.4) is 0 Å². The minimum Gasteiger partial charge on any atom is -0.464 e. The average molecular weight is 518 g/mol. The summed E-state index contributed by atoms with van der Waals surface area (Å²) in [7, 11) is 0. The number of hydrogen-bond donors (Lipinski definition) is 1. The van der Waals surface area contributed by atoms with E-state index in [1.54, 1.807) is 36.7 Å². The predicted octanol–water partition coefficient (Wildman–Crippen LogP) is 6.30. The molecule has 0 radical (unpaired) electrons. The summed E-state index contributed by atoms with van der Waals surface area (Å²) in [5, 5.41) is 20.0. The number of ether oxygens (including phenoxy) is 1. The van der Waals surface area contributed by atoms with Gasteiger partial charge in [0.15, 0.2) is 5.65 Å². The van der Waals surface area contributed by atoms with Gasteiger partial charge in [0.05, 0.1) is 34.0 Å². The van der Waals surface area contributed by atoms with Gasteiger partial charge < -0.3 is 14.5 Å². The van der Waals surface area contributed by atoms with E-state index in [-0.39, 0.29) is 23.7 Å². The Morgan fingerprint density at radius 1 is 1.19 bits per heavy atom. The van der Waals surface area contributed by atoms with Crippen molar-refractivity contribution >= 4 is 39.9 Å². The number of aromatic nitrogens is 3. The molecule has 5 rings (SSSR count). The van der Waals surface area contributed by atoms with Crippen molar-refractivity contribution in [2.24, 2.45) is 0 Å². The van der Waals surface area contributed by atoms with Gasteiger partial charge in [-0.05, 0) is 55.8 Å². The maximum atomic E-state index is 12.9. The van der Waals surface area contributed by atoms with Crippen LogP contribution in [0.4, 0.5) is 11.4 Å². The van der Waals surface area contributed by atoms with E-state index in [1.165, 1.54) is 22.9 Å². The number of non-ortho nitro benzene ring substituents is 1. The van der Waals surface area contributed by atoms with Crippen LogP contribution < -0.4 is 10.1 Å². The third kappa shape index (κ3) is 5.00. The number of carbonyl (C=O) groups is 1. The molecule has 1 amide bonds. The molecule has 0 saturated carbocycles. The number of aryl methyl sites for hydroxylation is 2. The number of furan rings is 1. The molecule has 1 N–H and O–H groups in total. The zero-order chi connectivity index (χ0) is 26.1. The number of nitrogens with zero attached hydrogens (tertiary/aromatic N) is 4. The first-order valence-electron chi connectivity index (χ1n) is 11.2. The van der Waals surface area contributed by atoms with E-state index < -0.39 is 10.8 Å². The van der Waals surface area contributed by atoms with Crippen molar-refractivity contribution < 1.29 is 18.9 Å². The lowest BCUT2D eigenvalue weighted by Crippen LogP contribution is -2.20. The standard InChI is InChI=1S/C26H20ClN5O5/c1-15-10-17(27)5-6-22(15)37-20-12-18(11-19(13-20)32(34)35)29-24(33)14-31-26-25(16(2)30-31)21(7-8-28-26)23-4-3-9-36-23/h3-13H,14H2,1-2H3,(H,29,33). The van der Waals surface area contributed by atoms with Gasteiger partial charge in [0.25, 0.3) is 5.69 Å². The smallest absolute Gasteiger partial charge is 0.275 e. The monoisotopic (exact) mass is 517 g/mol. The molecule has 0 spiro atoms. The number of nitro benzene ring substituents is 1. The molecule has 11 heteroatoms. The molecular formula is C26H20ClN5O5. The molecular weight excluding hydrogens is 498 g/mol. The van der Waals surface area contributed by atoms with Gasteiger partial charge in [-0.15, -0.1) is 0 Å². The van der Waals surface area contributed by atoms with E-state index >= 15 is 0 Å². The predicted molar refractivity (Wildman–Crippen MR) is 138 cm³/mol. The fourth-order valence-electron chi connectivity index (χ4n) is 4.04. The van der Waals surface area contributed by atoms with Crippen molar-refractivity contribution in [3.8, 4) is 22.8 Å². The van der Waals surface area contributed by atoms with Crippen LogP contribution in [0.15, 0.2) is 71.5 Å². The highest BCUT2D eigenvalue weighted by Gasteiger charge is 2.18. The van der Waals surface area contributed by atoms with Gasteiger partial charge in [0.1, 0.15) is 23.8 Å². The Kier molecular flexibility index (Phi) is 6.33. The van der Waals surface area contributed by atoms with Gasteiger partial charge in [0.2, 0.25) is 5.91 Å². The number of amides is 1. The maximum Gasteiger partial charge on any atom is 0.275 e. The van der Waals surface area contributed by atoms with Gasteiger partial charge in [0, 0.05) is 28.9 Å². The van der Waals surface area contributed by atoms with E-state index in [2.05, 4.69) is 15.4 Å². The van der Waals surface area contributed by atoms with Crippen LogP contribution in [0.5, 0.6) is 11.5 Å². The summed E-state index contributed by atoms with van der Waals surface area (Å²) in [5.41, 5.74) is 2.75. The molecule has 5 aromatic rings. The number of nitrogens with one attached hydrogen (secondary N) is 1. The van der Waals surface area contributed by atoms with E-state index in [0.29, 0.717) is 27.9 Å². The lowest BCUT2D eigenvalue weighted by Gasteiger charge is -2.11. The van der Waals surface area contributed by atoms with Crippen LogP contribution in [-0.2, 0) is 11.3 Å². The quantitative estimate of drug-likeness (QED) is 0.198. The molecule has 0 bridgehead atoms. The van der Waals surface area contributed by atoms with Crippen LogP contribution in [0.2, 0.25) is 5.02 Å². The number of fused-ring (bicyclic) bond motifs is 1. The van der Waals surface area contributed by atoms with Crippen LogP contribution in [0.25, 0.3) is 22.4 Å². The molecule has 0 atom stereocenters. The maximum absolute atomic E-state index is 12.9. The zero-order valence-corrected chi connectivity index (χ0v) is 20.5. The minimum atomic E-state index is -0.554. The summed E-state index contributed by atoms with van der Waals surface area (Å²) < 4.78 is 12.9. The Hall–Kier alpha value is -4.70. The molecule has 10 nitrogen and oxygen atoms in total. The summed E-state index contributed by atoms with van der Waals surface area (Å²) in [6.07, 6.45) is 3.21. The molecule has 0 aliphatic rings. The number of benzene rings is 2. The summed E-state index contributed by atoms with van der Waals surface area (Å²) in [5.74, 6) is 0.905. The van der Waals surface area contributed by atoms with E-state index in [0.717, 1.165) is 16.5 Å². The second kappa shape index (κ2) is 9.75. The lowest BCUT2D eigenvalue weighted by molar-refractivity contribution is -0.384. The average Bonchev–Trinajstić information content (AvgIpc) is 3.49. The molecule has 2 aromatic carbocycles. The van der Waals surface area contributed by atoms with Gasteiger partial charge in [-0.2, -0.15) is 5.10 Å². The molecule has 3 aromatic heterocycles. The Bertz CT molecular complexity index is 1650. The fourth-order valence-corrected chi connectivity index (χ4v) is 4.27. The molecule has 37 heavy (non-hydrogen) atoms. The van der Waals surface area contributed by atoms with E-state index in [9.17, 15) is 14.9 Å². The third-order valence-corrected chi connectivity index (χ3v) is 5.87. The van der Waals surface area contributed by atoms with Gasteiger partial charge in [-0.3, -0.25) is 14.9 Å². The summed E-state index contributed by atoms with van der Waals surface area (Å²) >= 11 is 6.00. The van der Waals surface area contributed by atoms with Gasteiger partial charge >= 0.3 is 0 Å². The second-order valence-corrected chi connectivity index (χ2v) is 8.75. The van der Waals surface area contributed by atoms with Crippen molar-refractivity contribution in [3.63, 3.8) is 0 Å². The first kappa shape index (κ1) is 24.0. The zero-order valence-electron chi connectivity index (χ0n) is 19.8. The molecule has 3 heterocycles. The molecule has 186 valence electrons. The van der Waals surface area contributed by atoms with Crippen molar-refractivity contribution in [2.45, 2.75) is 20.4 Å². The lowest BCUT2D eigenvalue weighted by atomic mass is 10.1. The highest BCUT2D eigenvalue weighted by molar-refractivity contribution is 6.30. The van der Waals surface area contributed by atoms with Crippen molar-refractivity contribution in [1.29, 1.82) is 0 Å². The molecule has 0 aliphatic heterocycles. The van der Waals surface area contributed by atoms with E-state index in [1.807, 2.05) is 26.0 Å². The topological polar surface area (TPSA) is 125 Å². The van der Waals surface area contributed by atoms with Crippen LogP contribution in [0, 0.1) is 24.0 Å². The second-order valence-electron chi connectivity index (χ2n) is 8.31. The highest BCUT2D eigenvalue weighted by Crippen LogP contribution is 2.33. The van der Waals surface area contributed by atoms with Crippen LogP contribution in [0.1, 0.15) is 11.3 Å². The normalized spacial score (nSPS) is 11.0. The summed E-state index contributed by atoms with van der Waals surface area (Å²) in [6.45, 7) is 3.48. The van der Waals surface area contributed by atoms with Gasteiger partial charge in [-0.25, -0.2) is 9.67 Å². The first-order valence-corrected chi connectivity index (χ1v) is 11.6. The minimum absolute atomic E-state index is 0.159. The molecule has 0 aliphatic carbocycles. The number of nitro groups is 1. The SMILES string of the molecule is Cc1cc(Cl)ccc1Oc1cc(NC(=O)Cn2nc(C)c3c(-c4ccco4)ccnc32)cc([N+](=O)[O-])c1. The largest absolute Gasteiger partial charge is 0.464 e. The fraction of sp³-hybridized carbons (Fsp3) is 0.115. The van der Waals surface area contributed by atoms with E-state index in [4.69, 9.17) is 20.8 Å². The molecule has 0 saturated heterocycles. The Balaban J connectivity index is 1.41. The van der Waals surface area contributed by atoms with Crippen molar-refractivity contribution in [2.75, 3.05) is 5.32 Å². The summed E-state index contributed by atoms with van der Waals surface area (Å²) in [4.78, 5) is 28.3. The number of anilines is 1. The molecule has 0 fully saturated rings. The highest BCUT2D eigenvalue weighted by atomic mass is 35.5. The first-order chi connectivity index (χ1) is 17.8. The molecule has 0 unspecified atom stereocenters. The Morgan fingerprint density at radius 3 is 2.76 bits per heavy atom. The van der Waals surface area contributed by atoms with Crippen LogP contribution >= 0.6 is 11.6 Å². The summed E-state index contributed by atoms with van der Waals surface area (Å²) in [6, 6.07) is 14.6. The van der Waals surface area contributed by atoms with Crippen LogP contribution in [-0.4, -0.2) is 25.6 Å². The number of hydrogen-bond acceptors (Lipinski definition) is 7. The Morgan fingerprint density at radius 2 is 2.03 bits per heavy atom. The van der Waals surface area contributed by atoms with Crippen molar-refractivity contribution in [3.05, 3.63) is 93.5 Å². The number of halogens is 1. The Labute approximate surface area is 215 Å².